The summed E-state index contributed by atoms with van der Waals surface area (Å²) in [5.74, 6) is -2.03. The third-order valence-electron chi connectivity index (χ3n) is 4.27. The highest BCUT2D eigenvalue weighted by Crippen LogP contribution is 2.08. The van der Waals surface area contributed by atoms with E-state index in [1.807, 2.05) is 0 Å². The Morgan fingerprint density at radius 2 is 0.721 bits per heavy atom. The predicted octanol–water partition coefficient (Wildman–Crippen LogP) is -0.797. The van der Waals surface area contributed by atoms with E-state index in [0.29, 0.717) is 17.7 Å². The van der Waals surface area contributed by atoms with Crippen LogP contribution in [0, 0.1) is 0 Å². The quantitative estimate of drug-likeness (QED) is 0.0918. The minimum absolute atomic E-state index is 0.0703. The first-order chi connectivity index (χ1) is 20.7. The fourth-order valence-corrected chi connectivity index (χ4v) is 2.35. The number of rotatable bonds is 13. The molecule has 0 heterocycles. The van der Waals surface area contributed by atoms with E-state index in [2.05, 4.69) is 4.74 Å². The molecule has 15 nitrogen and oxygen atoms in total. The smallest absolute Gasteiger partial charge is 0.338 e. The molecule has 43 heavy (non-hydrogen) atoms. The van der Waals surface area contributed by atoms with E-state index in [1.54, 1.807) is 0 Å². The van der Waals surface area contributed by atoms with E-state index in [0.717, 1.165) is 0 Å². The lowest BCUT2D eigenvalue weighted by atomic mass is 10.1. The second kappa shape index (κ2) is 28.2. The summed E-state index contributed by atoms with van der Waals surface area (Å²) in [6.07, 6.45) is 0. The molecule has 0 saturated carbocycles. The lowest BCUT2D eigenvalue weighted by Gasteiger charge is -2.05. The molecule has 2 aromatic rings. The summed E-state index contributed by atoms with van der Waals surface area (Å²) in [6.45, 7) is -0.563. The minimum atomic E-state index is -0.570. The molecule has 0 atom stereocenters. The SMILES string of the molecule is COCCOC(=O)c1ccc(C(=O)OC)cc1.O=C(OCCO)c1ccc(C(=O)OCCO)cc1.OCCO.OCCO. The Balaban J connectivity index is 0. The van der Waals surface area contributed by atoms with Gasteiger partial charge in [0.1, 0.15) is 19.8 Å². The van der Waals surface area contributed by atoms with Crippen molar-refractivity contribution in [2.45, 2.75) is 0 Å². The average Bonchev–Trinajstić information content (AvgIpc) is 3.06. The normalized spacial score (nSPS) is 9.40. The molecular weight excluding hydrogens is 576 g/mol. The van der Waals surface area contributed by atoms with E-state index >= 15 is 0 Å². The van der Waals surface area contributed by atoms with Crippen LogP contribution < -0.4 is 0 Å². The van der Waals surface area contributed by atoms with Gasteiger partial charge in [0.15, 0.2) is 0 Å². The first-order valence-electron chi connectivity index (χ1n) is 12.6. The van der Waals surface area contributed by atoms with Crippen LogP contribution in [0.3, 0.4) is 0 Å². The van der Waals surface area contributed by atoms with Crippen molar-refractivity contribution < 1.29 is 73.5 Å². The van der Waals surface area contributed by atoms with Crippen molar-refractivity contribution >= 4 is 23.9 Å². The van der Waals surface area contributed by atoms with Gasteiger partial charge in [-0.2, -0.15) is 0 Å². The van der Waals surface area contributed by atoms with Crippen molar-refractivity contribution in [3.05, 3.63) is 70.8 Å². The Labute approximate surface area is 248 Å². The van der Waals surface area contributed by atoms with Crippen LogP contribution in [0.25, 0.3) is 0 Å². The summed E-state index contributed by atoms with van der Waals surface area (Å²) >= 11 is 0. The molecule has 0 saturated heterocycles. The standard InChI is InChI=1S/C12H14O6.C12H14O5.2C2H6O2/c13-5-7-17-11(15)9-1-2-10(4-3-9)12(16)18-8-6-14;1-15-7-8-17-12(14)10-5-3-9(4-6-10)11(13)16-2;2*3-1-2-4/h1-4,13-14H,5-8H2;3-6H,7-8H2,1-2H3;2*3-4H,1-2H2. The van der Waals surface area contributed by atoms with Crippen LogP contribution in [0.2, 0.25) is 0 Å². The maximum Gasteiger partial charge on any atom is 0.338 e. The van der Waals surface area contributed by atoms with E-state index in [-0.39, 0.29) is 70.6 Å². The second-order valence-electron chi connectivity index (χ2n) is 7.39. The van der Waals surface area contributed by atoms with E-state index in [1.165, 1.54) is 62.8 Å². The van der Waals surface area contributed by atoms with Crippen LogP contribution in [0.4, 0.5) is 0 Å². The predicted molar refractivity (Wildman–Crippen MR) is 149 cm³/mol. The Hall–Kier alpha value is -3.96. The molecule has 0 bridgehead atoms. The van der Waals surface area contributed by atoms with E-state index < -0.39 is 23.9 Å². The molecule has 0 spiro atoms. The minimum Gasteiger partial charge on any atom is -0.465 e. The first-order valence-corrected chi connectivity index (χ1v) is 12.6. The zero-order valence-electron chi connectivity index (χ0n) is 24.0. The van der Waals surface area contributed by atoms with Gasteiger partial charge in [-0.3, -0.25) is 0 Å². The molecule has 6 N–H and O–H groups in total. The Morgan fingerprint density at radius 1 is 0.442 bits per heavy atom. The number of hydrogen-bond acceptors (Lipinski definition) is 15. The van der Waals surface area contributed by atoms with Crippen molar-refractivity contribution in [3.63, 3.8) is 0 Å². The molecule has 2 rings (SSSR count). The largest absolute Gasteiger partial charge is 0.465 e. The monoisotopic (exact) mass is 616 g/mol. The van der Waals surface area contributed by atoms with Crippen molar-refractivity contribution in [1.29, 1.82) is 0 Å². The Bertz CT molecular complexity index is 961. The highest BCUT2D eigenvalue weighted by molar-refractivity contribution is 5.94. The number of ether oxygens (including phenoxy) is 5. The number of carbonyl (C=O) groups excluding carboxylic acids is 4. The molecule has 242 valence electrons. The average molecular weight is 617 g/mol. The number of methoxy groups -OCH3 is 2. The number of benzene rings is 2. The molecule has 0 aromatic heterocycles. The second-order valence-corrected chi connectivity index (χ2v) is 7.39. The lowest BCUT2D eigenvalue weighted by molar-refractivity contribution is 0.0386. The van der Waals surface area contributed by atoms with Gasteiger partial charge in [0, 0.05) is 7.11 Å². The number of esters is 4. The molecule has 0 aliphatic rings. The van der Waals surface area contributed by atoms with Crippen molar-refractivity contribution in [1.82, 2.24) is 0 Å². The van der Waals surface area contributed by atoms with Crippen molar-refractivity contribution in [2.24, 2.45) is 0 Å². The maximum absolute atomic E-state index is 11.5. The molecule has 0 aliphatic carbocycles. The Morgan fingerprint density at radius 3 is 0.953 bits per heavy atom. The van der Waals surface area contributed by atoms with Gasteiger partial charge in [-0.1, -0.05) is 0 Å². The van der Waals surface area contributed by atoms with Gasteiger partial charge in [-0.25, -0.2) is 19.2 Å². The van der Waals surface area contributed by atoms with Gasteiger partial charge >= 0.3 is 23.9 Å². The highest BCUT2D eigenvalue weighted by atomic mass is 16.6. The zero-order chi connectivity index (χ0) is 32.9. The van der Waals surface area contributed by atoms with Gasteiger partial charge in [0.2, 0.25) is 0 Å². The van der Waals surface area contributed by atoms with Gasteiger partial charge in [0.25, 0.3) is 0 Å². The third kappa shape index (κ3) is 20.5. The molecule has 0 radical (unpaired) electrons. The van der Waals surface area contributed by atoms with Gasteiger partial charge in [0.05, 0.1) is 75.6 Å². The number of hydrogen-bond donors (Lipinski definition) is 6. The summed E-state index contributed by atoms with van der Waals surface area (Å²) in [5.41, 5.74) is 1.33. The van der Waals surface area contributed by atoms with Gasteiger partial charge in [-0.15, -0.1) is 0 Å². The van der Waals surface area contributed by atoms with Crippen LogP contribution in [0.5, 0.6) is 0 Å². The van der Waals surface area contributed by atoms with Gasteiger partial charge < -0.3 is 54.3 Å². The van der Waals surface area contributed by atoms with Crippen molar-refractivity contribution in [2.75, 3.05) is 80.3 Å². The van der Waals surface area contributed by atoms with Crippen LogP contribution in [0.1, 0.15) is 41.4 Å². The van der Waals surface area contributed by atoms with Gasteiger partial charge in [-0.05, 0) is 48.5 Å². The van der Waals surface area contributed by atoms with Crippen LogP contribution in [0.15, 0.2) is 48.5 Å². The molecule has 0 aliphatic heterocycles. The fraction of sp³-hybridized carbons (Fsp3) is 0.429. The van der Waals surface area contributed by atoms with E-state index in [4.69, 9.17) is 49.6 Å². The highest BCUT2D eigenvalue weighted by Gasteiger charge is 2.11. The molecule has 2 aromatic carbocycles. The first kappa shape index (κ1) is 41.2. The van der Waals surface area contributed by atoms with Crippen LogP contribution in [-0.2, 0) is 23.7 Å². The number of carbonyl (C=O) groups is 4. The van der Waals surface area contributed by atoms with Crippen LogP contribution in [-0.4, -0.2) is 135 Å². The summed E-state index contributed by atoms with van der Waals surface area (Å²) in [5, 5.41) is 47.5. The molecule has 15 heteroatoms. The molecular formula is C28H40O15. The number of aliphatic hydroxyl groups excluding tert-OH is 6. The fourth-order valence-electron chi connectivity index (χ4n) is 2.35. The number of aliphatic hydroxyl groups is 6. The Kier molecular flexibility index (Phi) is 27.0. The lowest BCUT2D eigenvalue weighted by Crippen LogP contribution is -2.11. The van der Waals surface area contributed by atoms with Crippen molar-refractivity contribution in [3.8, 4) is 0 Å². The molecule has 0 amide bonds. The zero-order valence-corrected chi connectivity index (χ0v) is 24.0. The maximum atomic E-state index is 11.5. The summed E-state index contributed by atoms with van der Waals surface area (Å²) in [6, 6.07) is 11.8. The summed E-state index contributed by atoms with van der Waals surface area (Å²) in [7, 11) is 2.83. The molecule has 0 fully saturated rings. The van der Waals surface area contributed by atoms with E-state index in [9.17, 15) is 19.2 Å². The topological polar surface area (TPSA) is 236 Å². The third-order valence-corrected chi connectivity index (χ3v) is 4.27. The summed E-state index contributed by atoms with van der Waals surface area (Å²) < 4.78 is 23.6. The van der Waals surface area contributed by atoms with Crippen LogP contribution >= 0.6 is 0 Å². The molecule has 0 unspecified atom stereocenters. The summed E-state index contributed by atoms with van der Waals surface area (Å²) in [4.78, 5) is 45.4.